The Hall–Kier alpha value is -3.55. The molecule has 8 nitrogen and oxygen atoms in total. The van der Waals surface area contributed by atoms with Crippen LogP contribution in [0.2, 0.25) is 0 Å². The number of hydrogen-bond acceptors (Lipinski definition) is 7. The SMILES string of the molecule is COc1cc(N=Nc2cc(C)cc(CC=C(C)C(=O)O)c2O)cc(OC)c1OC. The Morgan fingerprint density at radius 1 is 1.03 bits per heavy atom. The molecule has 2 rings (SSSR count). The zero-order chi connectivity index (χ0) is 21.6. The maximum atomic E-state index is 11.0. The highest BCUT2D eigenvalue weighted by Gasteiger charge is 2.14. The molecule has 0 saturated carbocycles. The standard InChI is InChI=1S/C21H24N2O6/c1-12-8-14(7-6-13(2)21(25)26)19(24)16(9-12)23-22-15-10-17(27-3)20(29-5)18(11-15)28-4/h6,8-11,24H,7H2,1-5H3,(H,25,26). The van der Waals surface area contributed by atoms with Gasteiger partial charge in [0, 0.05) is 23.3 Å². The minimum absolute atomic E-state index is 0.0544. The predicted molar refractivity (Wildman–Crippen MR) is 108 cm³/mol. The summed E-state index contributed by atoms with van der Waals surface area (Å²) < 4.78 is 15.9. The number of methoxy groups -OCH3 is 3. The van der Waals surface area contributed by atoms with Crippen LogP contribution < -0.4 is 14.2 Å². The van der Waals surface area contributed by atoms with Crippen molar-refractivity contribution in [1.29, 1.82) is 0 Å². The number of aliphatic carboxylic acids is 1. The van der Waals surface area contributed by atoms with Crippen molar-refractivity contribution >= 4 is 17.3 Å². The molecule has 8 heteroatoms. The molecule has 0 bridgehead atoms. The zero-order valence-corrected chi connectivity index (χ0v) is 17.0. The Balaban J connectivity index is 2.40. The summed E-state index contributed by atoms with van der Waals surface area (Å²) in [5.74, 6) is 0.254. The molecular weight excluding hydrogens is 376 g/mol. The number of allylic oxidation sites excluding steroid dienone is 1. The lowest BCUT2D eigenvalue weighted by Gasteiger charge is -2.12. The third-order valence-electron chi connectivity index (χ3n) is 4.20. The average molecular weight is 400 g/mol. The summed E-state index contributed by atoms with van der Waals surface area (Å²) in [5.41, 5.74) is 2.34. The van der Waals surface area contributed by atoms with Gasteiger partial charge < -0.3 is 24.4 Å². The van der Waals surface area contributed by atoms with Gasteiger partial charge in [-0.2, -0.15) is 5.11 Å². The van der Waals surface area contributed by atoms with Gasteiger partial charge in [0.2, 0.25) is 5.75 Å². The van der Waals surface area contributed by atoms with Gasteiger partial charge in [0.25, 0.3) is 0 Å². The highest BCUT2D eigenvalue weighted by molar-refractivity contribution is 5.85. The fourth-order valence-electron chi connectivity index (χ4n) is 2.65. The van der Waals surface area contributed by atoms with Crippen molar-refractivity contribution in [3.63, 3.8) is 0 Å². The largest absolute Gasteiger partial charge is 0.505 e. The number of phenols is 1. The van der Waals surface area contributed by atoms with Crippen LogP contribution in [0.3, 0.4) is 0 Å². The van der Waals surface area contributed by atoms with Gasteiger partial charge in [-0.1, -0.05) is 12.1 Å². The molecule has 0 aliphatic rings. The summed E-state index contributed by atoms with van der Waals surface area (Å²) in [6, 6.07) is 6.74. The lowest BCUT2D eigenvalue weighted by atomic mass is 10.0. The number of aryl methyl sites for hydroxylation is 1. The van der Waals surface area contributed by atoms with E-state index in [9.17, 15) is 9.90 Å². The Labute approximate surface area is 169 Å². The fourth-order valence-corrected chi connectivity index (χ4v) is 2.65. The molecule has 0 aliphatic heterocycles. The Morgan fingerprint density at radius 3 is 2.17 bits per heavy atom. The van der Waals surface area contributed by atoms with Crippen molar-refractivity contribution in [2.75, 3.05) is 21.3 Å². The third kappa shape index (κ3) is 5.25. The molecule has 0 unspecified atom stereocenters. The smallest absolute Gasteiger partial charge is 0.330 e. The number of nitrogens with zero attached hydrogens (tertiary/aromatic N) is 2. The molecule has 0 aromatic heterocycles. The first-order valence-corrected chi connectivity index (χ1v) is 8.75. The molecule has 0 atom stereocenters. The van der Waals surface area contributed by atoms with E-state index in [1.54, 1.807) is 24.3 Å². The molecule has 2 aromatic carbocycles. The monoisotopic (exact) mass is 400 g/mol. The first-order chi connectivity index (χ1) is 13.8. The maximum absolute atomic E-state index is 11.0. The number of ether oxygens (including phenoxy) is 3. The molecule has 0 fully saturated rings. The summed E-state index contributed by atoms with van der Waals surface area (Å²) in [5, 5.41) is 27.8. The molecule has 154 valence electrons. The third-order valence-corrected chi connectivity index (χ3v) is 4.20. The minimum Gasteiger partial charge on any atom is -0.505 e. The highest BCUT2D eigenvalue weighted by Crippen LogP contribution is 2.41. The first-order valence-electron chi connectivity index (χ1n) is 8.75. The molecule has 0 saturated heterocycles. The van der Waals surface area contributed by atoms with Crippen LogP contribution in [0.25, 0.3) is 0 Å². The highest BCUT2D eigenvalue weighted by atomic mass is 16.5. The van der Waals surface area contributed by atoms with E-state index in [1.807, 2.05) is 6.92 Å². The zero-order valence-electron chi connectivity index (χ0n) is 17.0. The summed E-state index contributed by atoms with van der Waals surface area (Å²) in [4.78, 5) is 11.0. The molecule has 0 heterocycles. The van der Waals surface area contributed by atoms with Gasteiger partial charge in [0.1, 0.15) is 11.4 Å². The van der Waals surface area contributed by atoms with E-state index in [1.165, 1.54) is 34.3 Å². The van der Waals surface area contributed by atoms with E-state index >= 15 is 0 Å². The van der Waals surface area contributed by atoms with Crippen molar-refractivity contribution < 1.29 is 29.2 Å². The first kappa shape index (κ1) is 21.7. The number of carboxylic acid groups (broad SMARTS) is 1. The average Bonchev–Trinajstić information content (AvgIpc) is 2.71. The van der Waals surface area contributed by atoms with E-state index in [0.29, 0.717) is 28.5 Å². The maximum Gasteiger partial charge on any atom is 0.330 e. The molecule has 2 aromatic rings. The number of aromatic hydroxyl groups is 1. The van der Waals surface area contributed by atoms with Crippen molar-refractivity contribution in [1.82, 2.24) is 0 Å². The van der Waals surface area contributed by atoms with Crippen LogP contribution in [0.4, 0.5) is 11.4 Å². The van der Waals surface area contributed by atoms with Crippen LogP contribution >= 0.6 is 0 Å². The number of carboxylic acids is 1. The van der Waals surface area contributed by atoms with Gasteiger partial charge in [-0.3, -0.25) is 0 Å². The van der Waals surface area contributed by atoms with E-state index in [2.05, 4.69) is 10.2 Å². The molecule has 0 radical (unpaired) electrons. The van der Waals surface area contributed by atoms with E-state index in [-0.39, 0.29) is 23.4 Å². The number of phenolic OH excluding ortho intramolecular Hbond substituents is 1. The van der Waals surface area contributed by atoms with E-state index < -0.39 is 5.97 Å². The molecule has 2 N–H and O–H groups in total. The van der Waals surface area contributed by atoms with Crippen LogP contribution in [0.15, 0.2) is 46.1 Å². The number of azo groups is 1. The summed E-state index contributed by atoms with van der Waals surface area (Å²) in [6.07, 6.45) is 1.80. The Morgan fingerprint density at radius 2 is 1.66 bits per heavy atom. The molecule has 0 spiro atoms. The topological polar surface area (TPSA) is 110 Å². The fraction of sp³-hybridized carbons (Fsp3) is 0.286. The van der Waals surface area contributed by atoms with Gasteiger partial charge in [-0.25, -0.2) is 4.79 Å². The van der Waals surface area contributed by atoms with Gasteiger partial charge >= 0.3 is 5.97 Å². The van der Waals surface area contributed by atoms with Crippen molar-refractivity contribution in [2.24, 2.45) is 10.2 Å². The van der Waals surface area contributed by atoms with E-state index in [4.69, 9.17) is 19.3 Å². The summed E-state index contributed by atoms with van der Waals surface area (Å²) in [6.45, 7) is 3.36. The number of carbonyl (C=O) groups is 1. The molecule has 0 amide bonds. The Bertz CT molecular complexity index is 941. The molecule has 29 heavy (non-hydrogen) atoms. The number of hydrogen-bond donors (Lipinski definition) is 2. The quantitative estimate of drug-likeness (QED) is 0.490. The number of rotatable bonds is 8. The second-order valence-electron chi connectivity index (χ2n) is 6.27. The lowest BCUT2D eigenvalue weighted by molar-refractivity contribution is -0.132. The van der Waals surface area contributed by atoms with Crippen molar-refractivity contribution in [3.05, 3.63) is 47.0 Å². The second-order valence-corrected chi connectivity index (χ2v) is 6.27. The summed E-state index contributed by atoms with van der Waals surface area (Å²) in [7, 11) is 4.52. The van der Waals surface area contributed by atoms with E-state index in [0.717, 1.165) is 5.56 Å². The van der Waals surface area contributed by atoms with Gasteiger partial charge in [0.15, 0.2) is 11.5 Å². The van der Waals surface area contributed by atoms with Gasteiger partial charge in [-0.05, 0) is 31.9 Å². The van der Waals surface area contributed by atoms with Crippen molar-refractivity contribution in [2.45, 2.75) is 20.3 Å². The van der Waals surface area contributed by atoms with Crippen LogP contribution in [-0.2, 0) is 11.2 Å². The minimum atomic E-state index is -1.00. The van der Waals surface area contributed by atoms with Crippen LogP contribution in [0.1, 0.15) is 18.1 Å². The molecule has 0 aliphatic carbocycles. The van der Waals surface area contributed by atoms with Crippen molar-refractivity contribution in [3.8, 4) is 23.0 Å². The second kappa shape index (κ2) is 9.59. The van der Waals surface area contributed by atoms with Crippen LogP contribution in [0.5, 0.6) is 23.0 Å². The lowest BCUT2D eigenvalue weighted by Crippen LogP contribution is -1.97. The predicted octanol–water partition coefficient (Wildman–Crippen LogP) is 4.72. The molecular formula is C21H24N2O6. The number of benzene rings is 2. The van der Waals surface area contributed by atoms with Crippen LogP contribution in [-0.4, -0.2) is 37.5 Å². The summed E-state index contributed by atoms with van der Waals surface area (Å²) >= 11 is 0. The van der Waals surface area contributed by atoms with Gasteiger partial charge in [0.05, 0.1) is 27.0 Å². The van der Waals surface area contributed by atoms with Gasteiger partial charge in [-0.15, -0.1) is 5.11 Å². The van der Waals surface area contributed by atoms with Crippen LogP contribution in [0, 0.1) is 6.92 Å². The normalized spacial score (nSPS) is 11.6. The Kier molecular flexibility index (Phi) is 7.19.